The first-order valence-corrected chi connectivity index (χ1v) is 13.8. The lowest BCUT2D eigenvalue weighted by molar-refractivity contribution is -0.182. The van der Waals surface area contributed by atoms with Crippen LogP contribution < -0.4 is 22.2 Å². The number of H-pyrrole nitrogens is 1. The van der Waals surface area contributed by atoms with E-state index in [-0.39, 0.29) is 75.8 Å². The van der Waals surface area contributed by atoms with Gasteiger partial charge >= 0.3 is 12.1 Å². The maximum atomic E-state index is 13.6. The fourth-order valence-corrected chi connectivity index (χ4v) is 6.26. The number of nitrogens with zero attached hydrogens (tertiary/aromatic N) is 1. The Balaban J connectivity index is 1.65. The van der Waals surface area contributed by atoms with E-state index in [0.717, 1.165) is 31.7 Å². The monoisotopic (exact) mass is 572 g/mol. The van der Waals surface area contributed by atoms with Gasteiger partial charge in [0, 0.05) is 38.7 Å². The Bertz CT molecular complexity index is 1650. The molecule has 2 aromatic carbocycles. The molecule has 5 N–H and O–H groups in total. The molecule has 2 bridgehead atoms. The van der Waals surface area contributed by atoms with Crippen LogP contribution in [0.1, 0.15) is 84.6 Å². The average Bonchev–Trinajstić information content (AvgIpc) is 3.12. The van der Waals surface area contributed by atoms with E-state index in [2.05, 4.69) is 22.2 Å². The van der Waals surface area contributed by atoms with Crippen LogP contribution in [0.25, 0.3) is 21.5 Å². The van der Waals surface area contributed by atoms with Crippen LogP contribution in [-0.4, -0.2) is 46.1 Å². The minimum absolute atomic E-state index is 0.0296. The van der Waals surface area contributed by atoms with Gasteiger partial charge in [0.1, 0.15) is 5.84 Å². The number of amides is 1. The number of aromatic amines is 1. The summed E-state index contributed by atoms with van der Waals surface area (Å²) in [6.45, 7) is 2.14. The summed E-state index contributed by atoms with van der Waals surface area (Å²) >= 11 is 0. The predicted molar refractivity (Wildman–Crippen MR) is 148 cm³/mol. The molecule has 0 spiro atoms. The van der Waals surface area contributed by atoms with Gasteiger partial charge in [0.25, 0.3) is 17.0 Å². The predicted octanol–water partition coefficient (Wildman–Crippen LogP) is 4.31. The van der Waals surface area contributed by atoms with E-state index < -0.39 is 41.1 Å². The van der Waals surface area contributed by atoms with Crippen LogP contribution in [0, 0.1) is 11.8 Å². The zero-order valence-electron chi connectivity index (χ0n) is 22.4. The van der Waals surface area contributed by atoms with Gasteiger partial charge in [-0.05, 0) is 75.5 Å². The topological polar surface area (TPSA) is 155 Å². The van der Waals surface area contributed by atoms with Gasteiger partial charge in [0.05, 0.1) is 17.5 Å². The third-order valence-electron chi connectivity index (χ3n) is 8.56. The fourth-order valence-electron chi connectivity index (χ4n) is 6.26. The molecule has 2 fully saturated rings. The van der Waals surface area contributed by atoms with Gasteiger partial charge in [-0.15, -0.1) is 0 Å². The van der Waals surface area contributed by atoms with Crippen molar-refractivity contribution in [2.24, 2.45) is 22.6 Å². The van der Waals surface area contributed by atoms with Gasteiger partial charge in [-0.1, -0.05) is 6.92 Å². The number of aliphatic imine (C=N–C) groups is 1. The lowest BCUT2D eigenvalue weighted by Gasteiger charge is -2.30. The summed E-state index contributed by atoms with van der Waals surface area (Å²) in [6, 6.07) is 3.14. The molecular formula is C29H31F3N4O5. The number of benzene rings is 2. The Kier molecular flexibility index (Phi) is 7.52. The molecule has 2 saturated carbocycles. The number of hydrogen-bond donors (Lipinski definition) is 4. The lowest BCUT2D eigenvalue weighted by Crippen LogP contribution is -2.40. The average molecular weight is 573 g/mol. The van der Waals surface area contributed by atoms with Crippen molar-refractivity contribution in [2.75, 3.05) is 0 Å². The molecule has 2 aliphatic rings. The number of rotatable bonds is 5. The Hall–Kier alpha value is -3.96. The van der Waals surface area contributed by atoms with Gasteiger partial charge in [-0.2, -0.15) is 13.2 Å². The molecule has 1 amide bonds. The Morgan fingerprint density at radius 3 is 2.10 bits per heavy atom. The number of carbonyl (C=O) groups is 2. The number of nitrogens with two attached hydrogens (primary N) is 1. The van der Waals surface area contributed by atoms with Gasteiger partial charge in [-0.3, -0.25) is 24.4 Å². The number of fused-ring (bicyclic) bond motifs is 3. The second-order valence-corrected chi connectivity index (χ2v) is 11.3. The normalized spacial score (nSPS) is 24.0. The molecule has 4 aromatic rings. The second-order valence-electron chi connectivity index (χ2n) is 11.3. The Labute approximate surface area is 232 Å². The number of aromatic nitrogens is 1. The molecule has 2 aromatic heterocycles. The number of halogens is 3. The van der Waals surface area contributed by atoms with E-state index in [1.54, 1.807) is 0 Å². The molecule has 2 heterocycles. The largest absolute Gasteiger partial charge is 0.478 e. The summed E-state index contributed by atoms with van der Waals surface area (Å²) in [4.78, 5) is 58.9. The fraction of sp³-hybridized carbons (Fsp3) is 0.483. The minimum Gasteiger partial charge on any atom is -0.478 e. The summed E-state index contributed by atoms with van der Waals surface area (Å²) in [7, 11) is 0. The maximum Gasteiger partial charge on any atom is 0.391 e. The highest BCUT2D eigenvalue weighted by Crippen LogP contribution is 2.38. The summed E-state index contributed by atoms with van der Waals surface area (Å²) in [5.74, 6) is -3.18. The van der Waals surface area contributed by atoms with Crippen molar-refractivity contribution in [1.29, 1.82) is 0 Å². The standard InChI is InChI=1S/C29H31F3N4O5/c1-13-2-6-15(7-3-13)34-24(33)23-20(28(40)41)12-19(21-17-10-11-18(22(21)23)26(38)36-25(17)37)27(39)35-16-8-4-14(5-9-16)29(30,31)32/h10-16H,2-9H2,1H3,(H2,33,34)(H,35,39)(H,40,41)(H,36,37,38). The number of aromatic carboxylic acids is 1. The second kappa shape index (κ2) is 10.8. The lowest BCUT2D eigenvalue weighted by atomic mass is 9.85. The van der Waals surface area contributed by atoms with E-state index in [1.165, 1.54) is 12.1 Å². The molecule has 9 nitrogen and oxygen atoms in total. The molecule has 41 heavy (non-hydrogen) atoms. The SMILES string of the molecule is CC1CCC(N=C(N)c2c(C(=O)O)cc(C(=O)NC3CCC(C(F)(F)F)CC3)c3c4ccc(c(=O)[nH]c4=O)c23)CC1. The van der Waals surface area contributed by atoms with Crippen molar-refractivity contribution in [3.05, 3.63) is 55.6 Å². The number of carboxylic acids is 1. The van der Waals surface area contributed by atoms with Gasteiger partial charge < -0.3 is 16.2 Å². The summed E-state index contributed by atoms with van der Waals surface area (Å²) in [5.41, 5.74) is 4.30. The quantitative estimate of drug-likeness (QED) is 0.264. The van der Waals surface area contributed by atoms with Crippen molar-refractivity contribution < 1.29 is 27.9 Å². The molecule has 0 radical (unpaired) electrons. The van der Waals surface area contributed by atoms with Crippen molar-refractivity contribution >= 4 is 39.3 Å². The molecule has 0 saturated heterocycles. The zero-order chi connectivity index (χ0) is 29.6. The van der Waals surface area contributed by atoms with Crippen molar-refractivity contribution in [1.82, 2.24) is 10.3 Å². The summed E-state index contributed by atoms with van der Waals surface area (Å²) in [5, 5.41) is 12.9. The highest BCUT2D eigenvalue weighted by atomic mass is 19.4. The Morgan fingerprint density at radius 1 is 0.951 bits per heavy atom. The number of carboxylic acid groups (broad SMARTS) is 1. The van der Waals surface area contributed by atoms with Crippen LogP contribution in [0.5, 0.6) is 0 Å². The molecule has 0 aliphatic heterocycles. The summed E-state index contributed by atoms with van der Waals surface area (Å²) in [6.07, 6.45) is -1.03. The minimum atomic E-state index is -4.31. The van der Waals surface area contributed by atoms with Crippen LogP contribution in [0.4, 0.5) is 13.2 Å². The van der Waals surface area contributed by atoms with E-state index in [4.69, 9.17) is 5.73 Å². The number of alkyl halides is 3. The molecule has 6 rings (SSSR count). The van der Waals surface area contributed by atoms with Crippen LogP contribution in [0.2, 0.25) is 0 Å². The summed E-state index contributed by atoms with van der Waals surface area (Å²) < 4.78 is 39.4. The first-order chi connectivity index (χ1) is 19.3. The number of hydrogen-bond acceptors (Lipinski definition) is 5. The highest BCUT2D eigenvalue weighted by molar-refractivity contribution is 6.27. The first kappa shape index (κ1) is 28.6. The van der Waals surface area contributed by atoms with E-state index in [0.29, 0.717) is 5.92 Å². The van der Waals surface area contributed by atoms with E-state index >= 15 is 0 Å². The third-order valence-corrected chi connectivity index (χ3v) is 8.56. The van der Waals surface area contributed by atoms with Crippen LogP contribution in [0.3, 0.4) is 0 Å². The van der Waals surface area contributed by atoms with E-state index in [1.807, 2.05) is 0 Å². The van der Waals surface area contributed by atoms with Crippen LogP contribution >= 0.6 is 0 Å². The van der Waals surface area contributed by atoms with Gasteiger partial charge in [0.2, 0.25) is 0 Å². The zero-order valence-corrected chi connectivity index (χ0v) is 22.4. The number of carbonyl (C=O) groups excluding carboxylic acids is 1. The Morgan fingerprint density at radius 2 is 1.54 bits per heavy atom. The smallest absolute Gasteiger partial charge is 0.391 e. The van der Waals surface area contributed by atoms with Crippen molar-refractivity contribution in [3.8, 4) is 0 Å². The highest BCUT2D eigenvalue weighted by Gasteiger charge is 2.41. The number of amidine groups is 1. The molecular weight excluding hydrogens is 541 g/mol. The van der Waals surface area contributed by atoms with E-state index in [9.17, 15) is 37.5 Å². The third kappa shape index (κ3) is 5.51. The van der Waals surface area contributed by atoms with Crippen molar-refractivity contribution in [2.45, 2.75) is 76.6 Å². The maximum absolute atomic E-state index is 13.6. The first-order valence-electron chi connectivity index (χ1n) is 13.8. The molecule has 0 atom stereocenters. The van der Waals surface area contributed by atoms with Gasteiger partial charge in [0.15, 0.2) is 0 Å². The molecule has 218 valence electrons. The molecule has 2 aliphatic carbocycles. The molecule has 12 heteroatoms. The van der Waals surface area contributed by atoms with Crippen LogP contribution in [0.15, 0.2) is 32.8 Å². The van der Waals surface area contributed by atoms with Crippen LogP contribution in [-0.2, 0) is 0 Å². The number of nitrogens with one attached hydrogen (secondary N) is 2. The molecule has 0 unspecified atom stereocenters. The van der Waals surface area contributed by atoms with Gasteiger partial charge in [-0.25, -0.2) is 4.79 Å². The van der Waals surface area contributed by atoms with Crippen molar-refractivity contribution in [3.63, 3.8) is 0 Å².